The summed E-state index contributed by atoms with van der Waals surface area (Å²) in [5.74, 6) is -0.147. The highest BCUT2D eigenvalue weighted by Gasteiger charge is 2.35. The molecule has 0 radical (unpaired) electrons. The average Bonchev–Trinajstić information content (AvgIpc) is 3.09. The quantitative estimate of drug-likeness (QED) is 0.775. The van der Waals surface area contributed by atoms with Gasteiger partial charge in [-0.1, -0.05) is 48.5 Å². The van der Waals surface area contributed by atoms with Crippen molar-refractivity contribution in [3.63, 3.8) is 0 Å². The monoisotopic (exact) mass is 350 g/mol. The number of ether oxygens (including phenoxy) is 1. The third-order valence-corrected chi connectivity index (χ3v) is 5.53. The molecule has 2 fully saturated rings. The van der Waals surface area contributed by atoms with E-state index in [4.69, 9.17) is 4.74 Å². The second-order valence-electron chi connectivity index (χ2n) is 7.21. The Morgan fingerprint density at radius 2 is 1.54 bits per heavy atom. The van der Waals surface area contributed by atoms with Gasteiger partial charge in [0, 0.05) is 44.8 Å². The van der Waals surface area contributed by atoms with Crippen LogP contribution < -0.4 is 4.90 Å². The number of para-hydroxylation sites is 1. The topological polar surface area (TPSA) is 32.8 Å². The third kappa shape index (κ3) is 3.91. The van der Waals surface area contributed by atoms with Gasteiger partial charge in [0.1, 0.15) is 6.10 Å². The smallest absolute Gasteiger partial charge is 0.313 e. The van der Waals surface area contributed by atoms with E-state index < -0.39 is 0 Å². The summed E-state index contributed by atoms with van der Waals surface area (Å²) in [6.45, 7) is 5.25. The SMILES string of the molecule is O=C1O[C@@H](CCN2CCN(c3ccccc3)CC2)CC1c1ccccc1. The maximum Gasteiger partial charge on any atom is 0.313 e. The van der Waals surface area contributed by atoms with Crippen molar-refractivity contribution in [1.82, 2.24) is 4.90 Å². The van der Waals surface area contributed by atoms with Crippen LogP contribution in [0.3, 0.4) is 0 Å². The lowest BCUT2D eigenvalue weighted by Gasteiger charge is -2.36. The van der Waals surface area contributed by atoms with Crippen LogP contribution in [0.25, 0.3) is 0 Å². The first-order valence-electron chi connectivity index (χ1n) is 9.57. The van der Waals surface area contributed by atoms with Gasteiger partial charge in [-0.15, -0.1) is 0 Å². The van der Waals surface area contributed by atoms with Crippen LogP contribution in [0.15, 0.2) is 60.7 Å². The number of nitrogens with zero attached hydrogens (tertiary/aromatic N) is 2. The van der Waals surface area contributed by atoms with E-state index >= 15 is 0 Å². The normalized spacial score (nSPS) is 23.8. The summed E-state index contributed by atoms with van der Waals surface area (Å²) in [4.78, 5) is 17.1. The number of hydrogen-bond donors (Lipinski definition) is 0. The highest BCUT2D eigenvalue weighted by molar-refractivity contribution is 5.80. The van der Waals surface area contributed by atoms with Gasteiger partial charge in [0.2, 0.25) is 0 Å². The van der Waals surface area contributed by atoms with Crippen LogP contribution in [0.1, 0.15) is 24.3 Å². The van der Waals surface area contributed by atoms with E-state index in [0.29, 0.717) is 0 Å². The van der Waals surface area contributed by atoms with E-state index in [1.54, 1.807) is 0 Å². The number of anilines is 1. The molecule has 2 saturated heterocycles. The number of carbonyl (C=O) groups excluding carboxylic acids is 1. The molecule has 2 aliphatic rings. The van der Waals surface area contributed by atoms with Crippen molar-refractivity contribution in [2.75, 3.05) is 37.6 Å². The predicted octanol–water partition coefficient (Wildman–Crippen LogP) is 3.30. The Hall–Kier alpha value is -2.33. The second-order valence-corrected chi connectivity index (χ2v) is 7.21. The van der Waals surface area contributed by atoms with Crippen molar-refractivity contribution in [1.29, 1.82) is 0 Å². The molecular weight excluding hydrogens is 324 g/mol. The minimum Gasteiger partial charge on any atom is -0.462 e. The van der Waals surface area contributed by atoms with Crippen molar-refractivity contribution >= 4 is 11.7 Å². The van der Waals surface area contributed by atoms with Gasteiger partial charge in [-0.3, -0.25) is 9.69 Å². The molecule has 0 aromatic heterocycles. The van der Waals surface area contributed by atoms with Crippen molar-refractivity contribution in [2.45, 2.75) is 24.9 Å². The highest BCUT2D eigenvalue weighted by atomic mass is 16.5. The second kappa shape index (κ2) is 7.92. The van der Waals surface area contributed by atoms with E-state index in [1.165, 1.54) is 5.69 Å². The largest absolute Gasteiger partial charge is 0.462 e. The molecule has 0 saturated carbocycles. The zero-order valence-electron chi connectivity index (χ0n) is 15.1. The van der Waals surface area contributed by atoms with Gasteiger partial charge in [0.05, 0.1) is 5.92 Å². The van der Waals surface area contributed by atoms with E-state index in [9.17, 15) is 4.79 Å². The molecule has 0 N–H and O–H groups in total. The molecule has 136 valence electrons. The molecule has 26 heavy (non-hydrogen) atoms. The Morgan fingerprint density at radius 1 is 0.885 bits per heavy atom. The Balaban J connectivity index is 1.24. The number of cyclic esters (lactones) is 1. The first kappa shape index (κ1) is 17.1. The Labute approximate surface area is 155 Å². The van der Waals surface area contributed by atoms with Crippen LogP contribution in [0.5, 0.6) is 0 Å². The van der Waals surface area contributed by atoms with Crippen LogP contribution in [0, 0.1) is 0 Å². The molecule has 0 aliphatic carbocycles. The minimum absolute atomic E-state index is 0.0554. The fourth-order valence-electron chi connectivity index (χ4n) is 3.98. The van der Waals surface area contributed by atoms with Gasteiger partial charge < -0.3 is 9.64 Å². The Morgan fingerprint density at radius 3 is 2.23 bits per heavy atom. The highest BCUT2D eigenvalue weighted by Crippen LogP contribution is 2.32. The Kier molecular flexibility index (Phi) is 5.21. The summed E-state index contributed by atoms with van der Waals surface area (Å²) in [7, 11) is 0. The minimum atomic E-state index is -0.0869. The first-order valence-corrected chi connectivity index (χ1v) is 9.57. The summed E-state index contributed by atoms with van der Waals surface area (Å²) in [5, 5.41) is 0. The molecule has 0 bridgehead atoms. The fraction of sp³-hybridized carbons (Fsp3) is 0.409. The summed E-state index contributed by atoms with van der Waals surface area (Å²) >= 11 is 0. The molecular formula is C22H26N2O2. The maximum atomic E-state index is 12.2. The van der Waals surface area contributed by atoms with Crippen molar-refractivity contribution in [2.24, 2.45) is 0 Å². The van der Waals surface area contributed by atoms with Gasteiger partial charge in [-0.25, -0.2) is 0 Å². The number of rotatable bonds is 5. The van der Waals surface area contributed by atoms with E-state index in [2.05, 4.69) is 40.1 Å². The molecule has 2 atom stereocenters. The third-order valence-electron chi connectivity index (χ3n) is 5.53. The Bertz CT molecular complexity index is 711. The molecule has 4 nitrogen and oxygen atoms in total. The number of carbonyl (C=O) groups is 1. The standard InChI is InChI=1S/C22H26N2O2/c25-22-21(18-7-3-1-4-8-18)17-20(26-22)11-12-23-13-15-24(16-14-23)19-9-5-2-6-10-19/h1-10,20-21H,11-17H2/t20-,21?/m0/s1. The number of benzene rings is 2. The predicted molar refractivity (Wildman–Crippen MR) is 103 cm³/mol. The maximum absolute atomic E-state index is 12.2. The summed E-state index contributed by atoms with van der Waals surface area (Å²) in [5.41, 5.74) is 2.39. The summed E-state index contributed by atoms with van der Waals surface area (Å²) in [6, 6.07) is 20.6. The van der Waals surface area contributed by atoms with Gasteiger partial charge >= 0.3 is 5.97 Å². The van der Waals surface area contributed by atoms with Gasteiger partial charge in [0.15, 0.2) is 0 Å². The van der Waals surface area contributed by atoms with Crippen LogP contribution >= 0.6 is 0 Å². The molecule has 0 amide bonds. The zero-order valence-corrected chi connectivity index (χ0v) is 15.1. The van der Waals surface area contributed by atoms with Crippen molar-refractivity contribution < 1.29 is 9.53 Å². The molecule has 2 aromatic rings. The summed E-state index contributed by atoms with van der Waals surface area (Å²) in [6.07, 6.45) is 1.80. The molecule has 4 rings (SSSR count). The van der Waals surface area contributed by atoms with Crippen LogP contribution in [-0.2, 0) is 9.53 Å². The van der Waals surface area contributed by atoms with Crippen molar-refractivity contribution in [3.05, 3.63) is 66.2 Å². The van der Waals surface area contributed by atoms with Gasteiger partial charge in [0.25, 0.3) is 0 Å². The first-order chi connectivity index (χ1) is 12.8. The van der Waals surface area contributed by atoms with Crippen molar-refractivity contribution in [3.8, 4) is 0 Å². The number of esters is 1. The summed E-state index contributed by atoms with van der Waals surface area (Å²) < 4.78 is 5.63. The fourth-order valence-corrected chi connectivity index (χ4v) is 3.98. The van der Waals surface area contributed by atoms with E-state index in [0.717, 1.165) is 51.1 Å². The lowest BCUT2D eigenvalue weighted by molar-refractivity contribution is -0.142. The van der Waals surface area contributed by atoms with Gasteiger partial charge in [-0.05, 0) is 24.1 Å². The van der Waals surface area contributed by atoms with Crippen LogP contribution in [-0.4, -0.2) is 49.7 Å². The average molecular weight is 350 g/mol. The van der Waals surface area contributed by atoms with Crippen LogP contribution in [0.4, 0.5) is 5.69 Å². The van der Waals surface area contributed by atoms with Gasteiger partial charge in [-0.2, -0.15) is 0 Å². The number of hydrogen-bond acceptors (Lipinski definition) is 4. The zero-order chi connectivity index (χ0) is 17.8. The molecule has 1 unspecified atom stereocenters. The molecule has 2 aromatic carbocycles. The van der Waals surface area contributed by atoms with Crippen LogP contribution in [0.2, 0.25) is 0 Å². The van der Waals surface area contributed by atoms with E-state index in [1.807, 2.05) is 30.3 Å². The lowest BCUT2D eigenvalue weighted by atomic mass is 9.95. The number of piperazine rings is 1. The lowest BCUT2D eigenvalue weighted by Crippen LogP contribution is -2.47. The molecule has 4 heteroatoms. The molecule has 0 spiro atoms. The van der Waals surface area contributed by atoms with E-state index in [-0.39, 0.29) is 18.0 Å². The molecule has 2 aliphatic heterocycles. The molecule has 2 heterocycles.